The molecule has 2 aromatic carbocycles. The van der Waals surface area contributed by atoms with Gasteiger partial charge in [-0.2, -0.15) is 0 Å². The Morgan fingerprint density at radius 1 is 1.04 bits per heavy atom. The average molecular weight is 334 g/mol. The summed E-state index contributed by atoms with van der Waals surface area (Å²) in [7, 11) is 0. The molecule has 1 saturated carbocycles. The number of nitrogens with zero attached hydrogens (tertiary/aromatic N) is 1. The van der Waals surface area contributed by atoms with E-state index in [4.69, 9.17) is 0 Å². The molecule has 25 heavy (non-hydrogen) atoms. The van der Waals surface area contributed by atoms with Gasteiger partial charge in [0.05, 0.1) is 4.92 Å². The fourth-order valence-electron chi connectivity index (χ4n) is 3.24. The molecule has 2 aromatic rings. The van der Waals surface area contributed by atoms with E-state index in [2.05, 4.69) is 41.4 Å². The summed E-state index contributed by atoms with van der Waals surface area (Å²) in [4.78, 5) is 10.3. The van der Waals surface area contributed by atoms with E-state index < -0.39 is 0 Å². The predicted octanol–water partition coefficient (Wildman–Crippen LogP) is 4.29. The molecular weight excluding hydrogens is 312 g/mol. The van der Waals surface area contributed by atoms with Crippen molar-refractivity contribution in [3.63, 3.8) is 0 Å². The highest BCUT2D eigenvalue weighted by atomic mass is 16.6. The number of nitro benzene ring substituents is 1. The van der Waals surface area contributed by atoms with Crippen molar-refractivity contribution in [1.29, 1.82) is 0 Å². The standard InChI is InChI=1S/C21H22N2O2/c24-23(25)20-14-11-17(12-15-20)10-13-19-8-4-5-9-21(19)22-16-18-6-2-1-3-7-18/h1-3,6-7,11-12,14-15,19,21-22H,4-5,8-9,16H2/t19-,21-/m0/s1. The molecule has 4 nitrogen and oxygen atoms in total. The van der Waals surface area contributed by atoms with Crippen LogP contribution in [0.15, 0.2) is 54.6 Å². The normalized spacial score (nSPS) is 19.7. The molecule has 0 heterocycles. The van der Waals surface area contributed by atoms with E-state index in [0.717, 1.165) is 24.9 Å². The molecule has 0 aromatic heterocycles. The van der Waals surface area contributed by atoms with E-state index in [-0.39, 0.29) is 10.6 Å². The third-order valence-electron chi connectivity index (χ3n) is 4.66. The van der Waals surface area contributed by atoms with E-state index in [1.165, 1.54) is 30.5 Å². The Bertz CT molecular complexity index is 760. The second-order valence-electron chi connectivity index (χ2n) is 6.44. The van der Waals surface area contributed by atoms with Crippen LogP contribution in [0.4, 0.5) is 5.69 Å². The minimum atomic E-state index is -0.387. The van der Waals surface area contributed by atoms with E-state index >= 15 is 0 Å². The molecule has 0 aliphatic heterocycles. The zero-order chi connectivity index (χ0) is 17.5. The van der Waals surface area contributed by atoms with Crippen LogP contribution in [0, 0.1) is 27.9 Å². The van der Waals surface area contributed by atoms with Crippen LogP contribution in [0.3, 0.4) is 0 Å². The third kappa shape index (κ3) is 4.91. The first kappa shape index (κ1) is 17.2. The lowest BCUT2D eigenvalue weighted by Crippen LogP contribution is -2.37. The summed E-state index contributed by atoms with van der Waals surface area (Å²) in [6.45, 7) is 0.862. The van der Waals surface area contributed by atoms with Crippen molar-refractivity contribution in [2.24, 2.45) is 5.92 Å². The molecule has 1 fully saturated rings. The third-order valence-corrected chi connectivity index (χ3v) is 4.66. The van der Waals surface area contributed by atoms with Crippen molar-refractivity contribution >= 4 is 5.69 Å². The van der Waals surface area contributed by atoms with E-state index in [1.54, 1.807) is 12.1 Å². The molecule has 0 bridgehead atoms. The molecule has 1 aliphatic carbocycles. The SMILES string of the molecule is O=[N+]([O-])c1ccc(C#C[C@@H]2CCCC[C@@H]2NCc2ccccc2)cc1. The van der Waals surface area contributed by atoms with Gasteiger partial charge < -0.3 is 5.32 Å². The number of rotatable bonds is 4. The average Bonchev–Trinajstić information content (AvgIpc) is 2.66. The number of nitrogens with one attached hydrogen (secondary N) is 1. The lowest BCUT2D eigenvalue weighted by atomic mass is 9.84. The van der Waals surface area contributed by atoms with Crippen LogP contribution in [0.25, 0.3) is 0 Å². The Morgan fingerprint density at radius 3 is 2.48 bits per heavy atom. The van der Waals surface area contributed by atoms with Crippen molar-refractivity contribution in [3.05, 3.63) is 75.8 Å². The van der Waals surface area contributed by atoms with E-state index in [0.29, 0.717) is 12.0 Å². The predicted molar refractivity (Wildman–Crippen MR) is 99.0 cm³/mol. The Hall–Kier alpha value is -2.64. The van der Waals surface area contributed by atoms with E-state index in [1.807, 2.05) is 6.07 Å². The highest BCUT2D eigenvalue weighted by Crippen LogP contribution is 2.24. The molecule has 128 valence electrons. The molecule has 3 rings (SSSR count). The van der Waals surface area contributed by atoms with Gasteiger partial charge in [-0.3, -0.25) is 10.1 Å². The van der Waals surface area contributed by atoms with E-state index in [9.17, 15) is 10.1 Å². The first-order valence-electron chi connectivity index (χ1n) is 8.76. The first-order valence-corrected chi connectivity index (χ1v) is 8.76. The summed E-state index contributed by atoms with van der Waals surface area (Å²) < 4.78 is 0. The van der Waals surface area contributed by atoms with Gasteiger partial charge in [0.2, 0.25) is 0 Å². The number of hydrogen-bond donors (Lipinski definition) is 1. The van der Waals surface area contributed by atoms with Gasteiger partial charge in [-0.1, -0.05) is 55.0 Å². The maximum Gasteiger partial charge on any atom is 0.269 e. The van der Waals surface area contributed by atoms with Gasteiger partial charge in [-0.05, 0) is 30.5 Å². The summed E-state index contributed by atoms with van der Waals surface area (Å²) in [6.07, 6.45) is 4.70. The van der Waals surface area contributed by atoms with Crippen LogP contribution < -0.4 is 5.32 Å². The molecule has 1 aliphatic rings. The zero-order valence-corrected chi connectivity index (χ0v) is 14.2. The molecule has 0 saturated heterocycles. The van der Waals surface area contributed by atoms with Gasteiger partial charge in [0.15, 0.2) is 0 Å². The minimum Gasteiger partial charge on any atom is -0.309 e. The van der Waals surface area contributed by atoms with Gasteiger partial charge in [0.25, 0.3) is 5.69 Å². The van der Waals surface area contributed by atoms with Crippen LogP contribution in [0.1, 0.15) is 36.8 Å². The van der Waals surface area contributed by atoms with Crippen LogP contribution in [-0.2, 0) is 6.54 Å². The molecule has 2 atom stereocenters. The minimum absolute atomic E-state index is 0.102. The number of benzene rings is 2. The second kappa shape index (κ2) is 8.46. The summed E-state index contributed by atoms with van der Waals surface area (Å²) in [6, 6.07) is 17.3. The van der Waals surface area contributed by atoms with Gasteiger partial charge in [-0.25, -0.2) is 0 Å². The first-order chi connectivity index (χ1) is 12.2. The van der Waals surface area contributed by atoms with Crippen LogP contribution in [-0.4, -0.2) is 11.0 Å². The Kier molecular flexibility index (Phi) is 5.81. The summed E-state index contributed by atoms with van der Waals surface area (Å²) in [5.74, 6) is 6.91. The lowest BCUT2D eigenvalue weighted by molar-refractivity contribution is -0.384. The molecule has 0 amide bonds. The molecule has 0 unspecified atom stereocenters. The zero-order valence-electron chi connectivity index (χ0n) is 14.2. The summed E-state index contributed by atoms with van der Waals surface area (Å²) in [5.41, 5.74) is 2.22. The number of hydrogen-bond acceptors (Lipinski definition) is 3. The second-order valence-corrected chi connectivity index (χ2v) is 6.44. The molecule has 1 N–H and O–H groups in total. The molecule has 0 spiro atoms. The lowest BCUT2D eigenvalue weighted by Gasteiger charge is -2.29. The van der Waals surface area contributed by atoms with Crippen molar-refractivity contribution in [1.82, 2.24) is 5.32 Å². The van der Waals surface area contributed by atoms with Crippen LogP contribution in [0.5, 0.6) is 0 Å². The fraction of sp³-hybridized carbons (Fsp3) is 0.333. The van der Waals surface area contributed by atoms with Crippen LogP contribution >= 0.6 is 0 Å². The Balaban J connectivity index is 1.64. The van der Waals surface area contributed by atoms with Gasteiger partial charge in [-0.15, -0.1) is 0 Å². The highest BCUT2D eigenvalue weighted by Gasteiger charge is 2.22. The van der Waals surface area contributed by atoms with Crippen molar-refractivity contribution < 1.29 is 4.92 Å². The summed E-state index contributed by atoms with van der Waals surface area (Å²) in [5, 5.41) is 14.4. The topological polar surface area (TPSA) is 55.2 Å². The smallest absolute Gasteiger partial charge is 0.269 e. The largest absolute Gasteiger partial charge is 0.309 e. The van der Waals surface area contributed by atoms with Gasteiger partial charge in [0, 0.05) is 36.2 Å². The summed E-state index contributed by atoms with van der Waals surface area (Å²) >= 11 is 0. The number of nitro groups is 1. The molecule has 0 radical (unpaired) electrons. The molecular formula is C21H22N2O2. The van der Waals surface area contributed by atoms with Crippen molar-refractivity contribution in [2.45, 2.75) is 38.3 Å². The van der Waals surface area contributed by atoms with Crippen molar-refractivity contribution in [2.75, 3.05) is 0 Å². The Morgan fingerprint density at radius 2 is 1.76 bits per heavy atom. The number of non-ortho nitro benzene ring substituents is 1. The van der Waals surface area contributed by atoms with Crippen molar-refractivity contribution in [3.8, 4) is 11.8 Å². The quantitative estimate of drug-likeness (QED) is 0.515. The monoisotopic (exact) mass is 334 g/mol. The maximum absolute atomic E-state index is 10.7. The maximum atomic E-state index is 10.7. The van der Waals surface area contributed by atoms with Crippen LogP contribution in [0.2, 0.25) is 0 Å². The fourth-order valence-corrected chi connectivity index (χ4v) is 3.24. The highest BCUT2D eigenvalue weighted by molar-refractivity contribution is 5.41. The molecule has 4 heteroatoms. The van der Waals surface area contributed by atoms with Gasteiger partial charge >= 0.3 is 0 Å². The van der Waals surface area contributed by atoms with Gasteiger partial charge in [0.1, 0.15) is 0 Å². The Labute approximate surface area is 148 Å².